The molecular weight excluding hydrogens is 220 g/mol. The van der Waals surface area contributed by atoms with Crippen LogP contribution in [0.5, 0.6) is 0 Å². The van der Waals surface area contributed by atoms with Crippen molar-refractivity contribution in [3.05, 3.63) is 0 Å². The summed E-state index contributed by atoms with van der Waals surface area (Å²) in [4.78, 5) is 34.5. The van der Waals surface area contributed by atoms with Crippen LogP contribution in [0.3, 0.4) is 0 Å². The van der Waals surface area contributed by atoms with E-state index in [0.29, 0.717) is 0 Å². The quantitative estimate of drug-likeness (QED) is 0.175. The number of nitrogens with zero attached hydrogens (tertiary/aromatic N) is 1. The third-order valence-electron chi connectivity index (χ3n) is 1.17. The van der Waals surface area contributed by atoms with E-state index in [0.717, 1.165) is 0 Å². The molecule has 8 N–H and O–H groups in total. The molecule has 0 heterocycles. The van der Waals surface area contributed by atoms with Gasteiger partial charge in [0.15, 0.2) is 0 Å². The third kappa shape index (κ3) is 8.10. The molecule has 0 radical (unpaired) electrons. The second-order valence-corrected chi connectivity index (χ2v) is 2.49. The predicted octanol–water partition coefficient (Wildman–Crippen LogP) is -2.69. The highest BCUT2D eigenvalue weighted by Crippen LogP contribution is 1.75. The summed E-state index contributed by atoms with van der Waals surface area (Å²) in [6.07, 6.45) is 0. The number of hydrazine groups is 1. The van der Waals surface area contributed by atoms with E-state index < -0.39 is 24.6 Å². The monoisotopic (exact) mass is 232 g/mol. The first-order valence-corrected chi connectivity index (χ1v) is 4.01. The molecule has 10 nitrogen and oxygen atoms in total. The summed E-state index contributed by atoms with van der Waals surface area (Å²) in [6, 6.07) is -1.70. The zero-order chi connectivity index (χ0) is 12.6. The van der Waals surface area contributed by atoms with Crippen molar-refractivity contribution in [1.29, 1.82) is 0 Å². The van der Waals surface area contributed by atoms with E-state index in [-0.39, 0.29) is 12.4 Å². The predicted molar refractivity (Wildman–Crippen MR) is 53.4 cm³/mol. The SMILES string of the molecule is NC(=O)NCC(=NCC(=O)O)NNC(N)=O. The first-order valence-electron chi connectivity index (χ1n) is 4.01. The lowest BCUT2D eigenvalue weighted by atomic mass is 10.5. The normalized spacial score (nSPS) is 10.4. The largest absolute Gasteiger partial charge is 0.480 e. The van der Waals surface area contributed by atoms with Gasteiger partial charge < -0.3 is 21.9 Å². The molecule has 4 amide bonds. The number of hydrogen-bond acceptors (Lipinski definition) is 4. The van der Waals surface area contributed by atoms with Crippen LogP contribution in [0.4, 0.5) is 9.59 Å². The Balaban J connectivity index is 4.25. The van der Waals surface area contributed by atoms with Crippen LogP contribution in [-0.2, 0) is 4.79 Å². The zero-order valence-corrected chi connectivity index (χ0v) is 8.19. The first-order chi connectivity index (χ1) is 7.41. The van der Waals surface area contributed by atoms with E-state index in [9.17, 15) is 14.4 Å². The van der Waals surface area contributed by atoms with Gasteiger partial charge in [-0.1, -0.05) is 0 Å². The minimum atomic E-state index is -1.17. The van der Waals surface area contributed by atoms with E-state index in [1.54, 1.807) is 0 Å². The Bertz CT molecular complexity index is 294. The van der Waals surface area contributed by atoms with E-state index >= 15 is 0 Å². The number of aliphatic imine (C=N–C) groups is 1. The fraction of sp³-hybridized carbons (Fsp3) is 0.333. The van der Waals surface area contributed by atoms with Crippen molar-refractivity contribution in [2.24, 2.45) is 16.5 Å². The molecule has 0 atom stereocenters. The lowest BCUT2D eigenvalue weighted by molar-refractivity contribution is -0.135. The standard InChI is InChI=1S/C6H12N6O4/c7-5(15)10-1-3(9-2-4(13)14)11-12-6(8)16/h1-2H2,(H,9,11)(H,13,14)(H3,7,10,15)(H3,8,12,16). The van der Waals surface area contributed by atoms with Gasteiger partial charge in [0.25, 0.3) is 0 Å². The Morgan fingerprint density at radius 1 is 1.12 bits per heavy atom. The third-order valence-corrected chi connectivity index (χ3v) is 1.17. The van der Waals surface area contributed by atoms with Gasteiger partial charge in [-0.05, 0) is 0 Å². The number of nitrogens with two attached hydrogens (primary N) is 2. The van der Waals surface area contributed by atoms with Crippen molar-refractivity contribution >= 4 is 23.9 Å². The highest BCUT2D eigenvalue weighted by molar-refractivity contribution is 5.90. The minimum Gasteiger partial charge on any atom is -0.480 e. The maximum Gasteiger partial charge on any atom is 0.330 e. The summed E-state index contributed by atoms with van der Waals surface area (Å²) in [5, 5.41) is 10.5. The number of carboxylic acid groups (broad SMARTS) is 1. The van der Waals surface area contributed by atoms with Crippen LogP contribution < -0.4 is 27.6 Å². The average molecular weight is 232 g/mol. The molecule has 0 saturated carbocycles. The van der Waals surface area contributed by atoms with Crippen molar-refractivity contribution in [2.75, 3.05) is 13.1 Å². The molecule has 0 aromatic heterocycles. The number of nitrogens with one attached hydrogen (secondary N) is 3. The Morgan fingerprint density at radius 2 is 1.75 bits per heavy atom. The van der Waals surface area contributed by atoms with Gasteiger partial charge in [-0.3, -0.25) is 20.6 Å². The molecule has 0 spiro atoms. The van der Waals surface area contributed by atoms with Gasteiger partial charge in [0.05, 0.1) is 6.54 Å². The molecule has 90 valence electrons. The number of amides is 4. The summed E-state index contributed by atoms with van der Waals surface area (Å²) in [6.45, 7) is -0.688. The molecule has 0 aromatic carbocycles. The summed E-state index contributed by atoms with van der Waals surface area (Å²) < 4.78 is 0. The molecule has 0 aliphatic rings. The van der Waals surface area contributed by atoms with Crippen LogP contribution in [0.25, 0.3) is 0 Å². The highest BCUT2D eigenvalue weighted by Gasteiger charge is 2.03. The van der Waals surface area contributed by atoms with Crippen LogP contribution >= 0.6 is 0 Å². The summed E-state index contributed by atoms with van der Waals surface area (Å²) in [5.41, 5.74) is 13.7. The maximum absolute atomic E-state index is 10.4. The van der Waals surface area contributed by atoms with Crippen LogP contribution in [0.2, 0.25) is 0 Å². The number of carbonyl (C=O) groups excluding carboxylic acids is 2. The smallest absolute Gasteiger partial charge is 0.330 e. The number of urea groups is 2. The van der Waals surface area contributed by atoms with E-state index in [1.807, 2.05) is 5.43 Å². The summed E-state index contributed by atoms with van der Waals surface area (Å²) in [5.74, 6) is -1.17. The molecule has 0 saturated heterocycles. The number of primary amides is 2. The number of carbonyl (C=O) groups is 3. The Morgan fingerprint density at radius 3 is 2.19 bits per heavy atom. The van der Waals surface area contributed by atoms with Gasteiger partial charge in [0, 0.05) is 0 Å². The summed E-state index contributed by atoms with van der Waals surface area (Å²) >= 11 is 0. The Labute approximate surface area is 90.0 Å². The maximum atomic E-state index is 10.4. The Hall–Kier alpha value is -2.52. The molecule has 16 heavy (non-hydrogen) atoms. The number of amidine groups is 1. The van der Waals surface area contributed by atoms with Gasteiger partial charge in [-0.2, -0.15) is 0 Å². The number of carboxylic acids is 1. The van der Waals surface area contributed by atoms with Crippen molar-refractivity contribution in [3.8, 4) is 0 Å². The Kier molecular flexibility index (Phi) is 5.78. The minimum absolute atomic E-state index is 0.000000000000000222. The van der Waals surface area contributed by atoms with Gasteiger partial charge in [-0.15, -0.1) is 0 Å². The number of aliphatic carboxylic acids is 1. The fourth-order valence-corrected chi connectivity index (χ4v) is 0.607. The van der Waals surface area contributed by atoms with Gasteiger partial charge in [-0.25, -0.2) is 9.59 Å². The van der Waals surface area contributed by atoms with Crippen molar-refractivity contribution in [1.82, 2.24) is 16.2 Å². The van der Waals surface area contributed by atoms with Crippen LogP contribution in [0.1, 0.15) is 0 Å². The van der Waals surface area contributed by atoms with Crippen LogP contribution in [0.15, 0.2) is 4.99 Å². The summed E-state index contributed by atoms with van der Waals surface area (Å²) in [7, 11) is 0. The molecular formula is C6H12N6O4. The first kappa shape index (κ1) is 13.5. The lowest BCUT2D eigenvalue weighted by Gasteiger charge is -2.09. The molecule has 0 unspecified atom stereocenters. The second kappa shape index (κ2) is 6.86. The molecule has 0 aromatic rings. The van der Waals surface area contributed by atoms with Crippen LogP contribution in [-0.4, -0.2) is 42.1 Å². The van der Waals surface area contributed by atoms with E-state index in [4.69, 9.17) is 16.6 Å². The number of rotatable bonds is 4. The van der Waals surface area contributed by atoms with E-state index in [1.165, 1.54) is 0 Å². The van der Waals surface area contributed by atoms with Gasteiger partial charge in [0.1, 0.15) is 12.4 Å². The molecule has 10 heteroatoms. The highest BCUT2D eigenvalue weighted by atomic mass is 16.4. The van der Waals surface area contributed by atoms with Crippen molar-refractivity contribution < 1.29 is 19.5 Å². The second-order valence-electron chi connectivity index (χ2n) is 2.49. The van der Waals surface area contributed by atoms with Gasteiger partial charge >= 0.3 is 18.0 Å². The van der Waals surface area contributed by atoms with E-state index in [2.05, 4.69) is 15.7 Å². The molecule has 0 rings (SSSR count). The lowest BCUT2D eigenvalue weighted by Crippen LogP contribution is -2.49. The van der Waals surface area contributed by atoms with Crippen LogP contribution in [0, 0.1) is 0 Å². The average Bonchev–Trinajstić information content (AvgIpc) is 2.15. The fourth-order valence-electron chi connectivity index (χ4n) is 0.607. The van der Waals surface area contributed by atoms with Crippen molar-refractivity contribution in [3.63, 3.8) is 0 Å². The molecule has 0 aliphatic heterocycles. The molecule has 0 bridgehead atoms. The molecule has 0 aliphatic carbocycles. The topological polar surface area (TPSA) is 172 Å². The van der Waals surface area contributed by atoms with Gasteiger partial charge in [0.2, 0.25) is 0 Å². The molecule has 0 fully saturated rings. The zero-order valence-electron chi connectivity index (χ0n) is 8.19. The van der Waals surface area contributed by atoms with Crippen molar-refractivity contribution in [2.45, 2.75) is 0 Å². The number of hydrogen-bond donors (Lipinski definition) is 6.